The third-order valence-electron chi connectivity index (χ3n) is 3.32. The van der Waals surface area contributed by atoms with Crippen LogP contribution < -0.4 is 0 Å². The predicted octanol–water partition coefficient (Wildman–Crippen LogP) is 1.38. The van der Waals surface area contributed by atoms with Crippen LogP contribution >= 0.6 is 12.2 Å². The first-order chi connectivity index (χ1) is 8.31. The molecule has 5 nitrogen and oxygen atoms in total. The molecule has 3 saturated heterocycles. The molecule has 6 heteroatoms. The third-order valence-corrected chi connectivity index (χ3v) is 3.59. The van der Waals surface area contributed by atoms with Crippen molar-refractivity contribution in [1.29, 1.82) is 0 Å². The maximum absolute atomic E-state index is 5.92. The van der Waals surface area contributed by atoms with Gasteiger partial charge in [0.1, 0.15) is 24.4 Å². The van der Waals surface area contributed by atoms with Crippen LogP contribution in [0.5, 0.6) is 0 Å². The van der Waals surface area contributed by atoms with Gasteiger partial charge in [0.15, 0.2) is 17.9 Å². The molecule has 0 aromatic carbocycles. The Bertz CT molecular complexity index is 369. The van der Waals surface area contributed by atoms with Gasteiger partial charge in [-0.1, -0.05) is 12.2 Å². The lowest BCUT2D eigenvalue weighted by atomic mass is 10.0. The van der Waals surface area contributed by atoms with Gasteiger partial charge in [-0.3, -0.25) is 0 Å². The van der Waals surface area contributed by atoms with Crippen molar-refractivity contribution in [3.05, 3.63) is 0 Å². The quantitative estimate of drug-likeness (QED) is 0.673. The van der Waals surface area contributed by atoms with Crippen molar-refractivity contribution in [2.45, 2.75) is 70.0 Å². The second-order valence-corrected chi connectivity index (χ2v) is 6.04. The van der Waals surface area contributed by atoms with E-state index in [1.165, 1.54) is 0 Å². The summed E-state index contributed by atoms with van der Waals surface area (Å²) in [5, 5.41) is 1.58. The fourth-order valence-corrected chi connectivity index (χ4v) is 2.97. The average Bonchev–Trinajstić information content (AvgIpc) is 2.69. The molecule has 0 aromatic heterocycles. The molecule has 0 bridgehead atoms. The van der Waals surface area contributed by atoms with E-state index in [4.69, 9.17) is 35.9 Å². The van der Waals surface area contributed by atoms with Gasteiger partial charge in [-0.15, -0.1) is 0 Å². The number of fused-ring (bicyclic) bond motifs is 3. The molecule has 0 saturated carbocycles. The molecule has 102 valence electrons. The Kier molecular flexibility index (Phi) is 2.83. The van der Waals surface area contributed by atoms with Crippen molar-refractivity contribution in [1.82, 2.24) is 0 Å². The number of hydrogen-bond donors (Lipinski definition) is 0. The van der Waals surface area contributed by atoms with Gasteiger partial charge in [0.25, 0.3) is 0 Å². The third kappa shape index (κ3) is 2.01. The summed E-state index contributed by atoms with van der Waals surface area (Å²) >= 11 is 5.01. The molecular weight excluding hydrogens is 256 g/mol. The summed E-state index contributed by atoms with van der Waals surface area (Å²) in [5.41, 5.74) is 0. The van der Waals surface area contributed by atoms with Gasteiger partial charge in [-0.25, -0.2) is 0 Å². The fourth-order valence-electron chi connectivity index (χ4n) is 2.76. The summed E-state index contributed by atoms with van der Waals surface area (Å²) in [6.07, 6.45) is -1.41. The Hall–Kier alpha value is -0.110. The maximum atomic E-state index is 5.92. The van der Waals surface area contributed by atoms with Crippen LogP contribution in [0.2, 0.25) is 0 Å². The summed E-state index contributed by atoms with van der Waals surface area (Å²) < 4.78 is 29.0. The van der Waals surface area contributed by atoms with E-state index < -0.39 is 17.9 Å². The largest absolute Gasteiger partial charge is 0.342 e. The molecule has 18 heavy (non-hydrogen) atoms. The van der Waals surface area contributed by atoms with Crippen LogP contribution in [0.4, 0.5) is 0 Å². The minimum absolute atomic E-state index is 0.218. The van der Waals surface area contributed by atoms with Crippen LogP contribution in [-0.4, -0.2) is 47.6 Å². The molecular formula is C12H18O5S. The Morgan fingerprint density at radius 2 is 1.44 bits per heavy atom. The molecule has 3 aliphatic heterocycles. The molecule has 0 aromatic rings. The van der Waals surface area contributed by atoms with Crippen LogP contribution in [0, 0.1) is 0 Å². The van der Waals surface area contributed by atoms with Gasteiger partial charge >= 0.3 is 0 Å². The van der Waals surface area contributed by atoms with Gasteiger partial charge in [-0.2, -0.15) is 0 Å². The van der Waals surface area contributed by atoms with Gasteiger partial charge in [-0.05, 0) is 27.7 Å². The smallest absolute Gasteiger partial charge is 0.190 e. The minimum atomic E-state index is -0.699. The zero-order valence-electron chi connectivity index (χ0n) is 10.9. The van der Waals surface area contributed by atoms with Gasteiger partial charge in [0.05, 0.1) is 0 Å². The molecule has 0 radical (unpaired) electrons. The molecule has 3 aliphatic rings. The normalized spacial score (nSPS) is 48.6. The maximum Gasteiger partial charge on any atom is 0.190 e. The van der Waals surface area contributed by atoms with E-state index in [9.17, 15) is 0 Å². The first-order valence-electron chi connectivity index (χ1n) is 6.13. The second-order valence-electron chi connectivity index (χ2n) is 5.77. The van der Waals surface area contributed by atoms with Crippen molar-refractivity contribution >= 4 is 17.6 Å². The van der Waals surface area contributed by atoms with Crippen molar-refractivity contribution in [2.24, 2.45) is 0 Å². The van der Waals surface area contributed by atoms with E-state index >= 15 is 0 Å². The summed E-state index contributed by atoms with van der Waals surface area (Å²) in [7, 11) is 0. The van der Waals surface area contributed by atoms with E-state index in [0.29, 0.717) is 0 Å². The first kappa shape index (κ1) is 12.9. The lowest BCUT2D eigenvalue weighted by Gasteiger charge is -2.42. The van der Waals surface area contributed by atoms with Gasteiger partial charge in [0.2, 0.25) is 0 Å². The first-order valence-corrected chi connectivity index (χ1v) is 6.60. The summed E-state index contributed by atoms with van der Waals surface area (Å²) in [6, 6.07) is 0. The monoisotopic (exact) mass is 274 g/mol. The van der Waals surface area contributed by atoms with Crippen LogP contribution in [0.15, 0.2) is 0 Å². The molecule has 0 amide bonds. The number of ether oxygens (including phenoxy) is 5. The molecule has 5 atom stereocenters. The number of thiocarbonyl (C=S) groups is 1. The van der Waals surface area contributed by atoms with Gasteiger partial charge < -0.3 is 23.7 Å². The van der Waals surface area contributed by atoms with E-state index in [1.807, 2.05) is 27.7 Å². The number of hydrogen-bond acceptors (Lipinski definition) is 6. The molecule has 0 aliphatic carbocycles. The van der Waals surface area contributed by atoms with Crippen molar-refractivity contribution in [3.63, 3.8) is 0 Å². The second kappa shape index (κ2) is 3.94. The highest BCUT2D eigenvalue weighted by Crippen LogP contribution is 2.43. The molecule has 3 heterocycles. The van der Waals surface area contributed by atoms with Crippen LogP contribution in [0.25, 0.3) is 0 Å². The zero-order chi connectivity index (χ0) is 13.1. The SMILES string of the molecule is CC1(C)O[C@H]2O[C@H]3[C@H](OC(C)(C)O[C@@H]3C=S)[C@H]2O1. The lowest BCUT2D eigenvalue weighted by molar-refractivity contribution is -0.330. The zero-order valence-corrected chi connectivity index (χ0v) is 11.7. The highest BCUT2D eigenvalue weighted by Gasteiger charge is 2.60. The molecule has 0 spiro atoms. The molecule has 3 fully saturated rings. The molecule has 0 unspecified atom stereocenters. The Morgan fingerprint density at radius 3 is 2.11 bits per heavy atom. The van der Waals surface area contributed by atoms with E-state index in [-0.39, 0.29) is 24.4 Å². The van der Waals surface area contributed by atoms with Crippen LogP contribution in [0.3, 0.4) is 0 Å². The van der Waals surface area contributed by atoms with Crippen LogP contribution in [0.1, 0.15) is 27.7 Å². The summed E-state index contributed by atoms with van der Waals surface area (Å²) in [5.74, 6) is -1.34. The highest BCUT2D eigenvalue weighted by atomic mass is 32.1. The van der Waals surface area contributed by atoms with E-state index in [1.54, 1.807) is 5.37 Å². The fraction of sp³-hybridized carbons (Fsp3) is 0.917. The highest BCUT2D eigenvalue weighted by molar-refractivity contribution is 7.79. The molecule has 0 N–H and O–H groups in total. The van der Waals surface area contributed by atoms with Gasteiger partial charge in [0, 0.05) is 5.37 Å². The Balaban J connectivity index is 1.85. The van der Waals surface area contributed by atoms with E-state index in [0.717, 1.165) is 0 Å². The summed E-state index contributed by atoms with van der Waals surface area (Å²) in [4.78, 5) is 0. The summed E-state index contributed by atoms with van der Waals surface area (Å²) in [6.45, 7) is 7.46. The standard InChI is InChI=1S/C12H18O5S/c1-11(2)14-6(5-18)7-8(15-11)9-10(13-7)17-12(3,4)16-9/h5-10H,1-4H3/t6-,7-,8+,9-,10-/m1/s1. The van der Waals surface area contributed by atoms with Crippen LogP contribution in [-0.2, 0) is 23.7 Å². The van der Waals surface area contributed by atoms with Crippen molar-refractivity contribution in [2.75, 3.05) is 0 Å². The van der Waals surface area contributed by atoms with Crippen molar-refractivity contribution in [3.8, 4) is 0 Å². The Labute approximate surface area is 112 Å². The predicted molar refractivity (Wildman–Crippen MR) is 66.2 cm³/mol. The average molecular weight is 274 g/mol. The van der Waals surface area contributed by atoms with Crippen molar-refractivity contribution < 1.29 is 23.7 Å². The van der Waals surface area contributed by atoms with E-state index in [2.05, 4.69) is 0 Å². The number of rotatable bonds is 1. The minimum Gasteiger partial charge on any atom is -0.342 e. The molecule has 3 rings (SSSR count). The topological polar surface area (TPSA) is 46.2 Å². The lowest BCUT2D eigenvalue weighted by Crippen LogP contribution is -2.56. The Morgan fingerprint density at radius 1 is 0.833 bits per heavy atom.